The summed E-state index contributed by atoms with van der Waals surface area (Å²) in [5, 5.41) is 0. The van der Waals surface area contributed by atoms with Crippen molar-refractivity contribution in [2.45, 2.75) is 65.0 Å². The molecule has 0 N–H and O–H groups in total. The highest BCUT2D eigenvalue weighted by atomic mass is 19.1. The molecule has 7 heteroatoms. The Morgan fingerprint density at radius 3 is 2.42 bits per heavy atom. The lowest BCUT2D eigenvalue weighted by molar-refractivity contribution is -0.161. The Balaban J connectivity index is 2.52. The fourth-order valence-corrected chi connectivity index (χ4v) is 2.97. The molecule has 1 aliphatic heterocycles. The minimum absolute atomic E-state index is 0.148. The Morgan fingerprint density at radius 1 is 1.27 bits per heavy atom. The van der Waals surface area contributed by atoms with E-state index in [0.29, 0.717) is 0 Å². The Hall–Kier alpha value is -2.15. The van der Waals surface area contributed by atoms with E-state index in [0.717, 1.165) is 0 Å². The zero-order valence-corrected chi connectivity index (χ0v) is 16.0. The van der Waals surface area contributed by atoms with E-state index in [-0.39, 0.29) is 12.2 Å². The zero-order chi connectivity index (χ0) is 19.7. The van der Waals surface area contributed by atoms with Crippen LogP contribution in [-0.2, 0) is 19.0 Å². The van der Waals surface area contributed by atoms with E-state index in [1.807, 2.05) is 0 Å². The van der Waals surface area contributed by atoms with Gasteiger partial charge < -0.3 is 14.2 Å². The maximum atomic E-state index is 14.5. The first-order valence-corrected chi connectivity index (χ1v) is 8.59. The fraction of sp³-hybridized carbons (Fsp3) is 0.579. The molecule has 0 radical (unpaired) electrons. The van der Waals surface area contributed by atoms with E-state index in [4.69, 9.17) is 14.2 Å². The molecule has 2 rings (SSSR count). The fourth-order valence-electron chi connectivity index (χ4n) is 2.97. The summed E-state index contributed by atoms with van der Waals surface area (Å²) in [6.07, 6.45) is -1.85. The second kappa shape index (κ2) is 7.23. The molecule has 1 amide bonds. The molecule has 1 saturated heterocycles. The summed E-state index contributed by atoms with van der Waals surface area (Å²) in [6, 6.07) is 4.97. The number of ether oxygens (including phenoxy) is 3. The lowest BCUT2D eigenvalue weighted by Gasteiger charge is -2.35. The van der Waals surface area contributed by atoms with Crippen LogP contribution in [0.15, 0.2) is 24.3 Å². The van der Waals surface area contributed by atoms with Gasteiger partial charge in [0.15, 0.2) is 6.10 Å². The first-order chi connectivity index (χ1) is 12.0. The van der Waals surface area contributed by atoms with Gasteiger partial charge in [-0.2, -0.15) is 0 Å². The Labute approximate surface area is 153 Å². The van der Waals surface area contributed by atoms with Crippen molar-refractivity contribution in [3.63, 3.8) is 0 Å². The number of amides is 1. The average Bonchev–Trinajstić information content (AvgIpc) is 2.78. The maximum absolute atomic E-state index is 14.5. The molecule has 1 aliphatic rings. The third-order valence-electron chi connectivity index (χ3n) is 3.89. The largest absolute Gasteiger partial charge is 0.464 e. The van der Waals surface area contributed by atoms with Gasteiger partial charge in [-0.15, -0.1) is 0 Å². The Bertz CT molecular complexity index is 683. The molecule has 1 heterocycles. The summed E-state index contributed by atoms with van der Waals surface area (Å²) in [7, 11) is 0. The minimum Gasteiger partial charge on any atom is -0.464 e. The molecule has 0 aliphatic carbocycles. The van der Waals surface area contributed by atoms with Crippen LogP contribution in [0.25, 0.3) is 0 Å². The van der Waals surface area contributed by atoms with Gasteiger partial charge in [-0.1, -0.05) is 18.2 Å². The number of nitrogens with zero attached hydrogens (tertiary/aromatic N) is 1. The lowest BCUT2D eigenvalue weighted by Crippen LogP contribution is -2.47. The van der Waals surface area contributed by atoms with Crippen LogP contribution in [-0.4, -0.2) is 41.0 Å². The molecule has 144 valence electrons. The Kier molecular flexibility index (Phi) is 5.61. The van der Waals surface area contributed by atoms with Gasteiger partial charge in [0.05, 0.1) is 6.61 Å². The highest BCUT2D eigenvalue weighted by molar-refractivity contribution is 5.79. The molecule has 0 spiro atoms. The second-order valence-corrected chi connectivity index (χ2v) is 7.55. The number of carbonyl (C=O) groups excluding carboxylic acids is 2. The topological polar surface area (TPSA) is 65.1 Å². The molecule has 0 aromatic heterocycles. The number of hydrogen-bond acceptors (Lipinski definition) is 5. The van der Waals surface area contributed by atoms with Crippen molar-refractivity contribution in [1.29, 1.82) is 0 Å². The minimum atomic E-state index is -1.19. The van der Waals surface area contributed by atoms with Crippen molar-refractivity contribution in [2.75, 3.05) is 6.61 Å². The van der Waals surface area contributed by atoms with Crippen molar-refractivity contribution < 1.29 is 28.2 Å². The third-order valence-corrected chi connectivity index (χ3v) is 3.89. The number of benzene rings is 1. The summed E-state index contributed by atoms with van der Waals surface area (Å²) >= 11 is 0. The van der Waals surface area contributed by atoms with Crippen molar-refractivity contribution in [2.24, 2.45) is 0 Å². The summed E-state index contributed by atoms with van der Waals surface area (Å²) in [4.78, 5) is 26.5. The predicted molar refractivity (Wildman–Crippen MR) is 92.8 cm³/mol. The normalized spacial score (nSPS) is 22.2. The molecule has 0 saturated carbocycles. The molecule has 1 fully saturated rings. The van der Waals surface area contributed by atoms with Crippen LogP contribution in [0.4, 0.5) is 9.18 Å². The Morgan fingerprint density at radius 2 is 1.88 bits per heavy atom. The maximum Gasteiger partial charge on any atom is 0.413 e. The molecular formula is C19H26FNO5. The predicted octanol–water partition coefficient (Wildman–Crippen LogP) is 3.80. The highest BCUT2D eigenvalue weighted by Crippen LogP contribution is 2.43. The van der Waals surface area contributed by atoms with Crippen LogP contribution < -0.4 is 0 Å². The van der Waals surface area contributed by atoms with Crippen LogP contribution >= 0.6 is 0 Å². The van der Waals surface area contributed by atoms with E-state index in [9.17, 15) is 14.0 Å². The second-order valence-electron chi connectivity index (χ2n) is 7.55. The number of carbonyl (C=O) groups is 2. The summed E-state index contributed by atoms with van der Waals surface area (Å²) in [5.74, 6) is -1.19. The van der Waals surface area contributed by atoms with Crippen LogP contribution in [0.5, 0.6) is 0 Å². The van der Waals surface area contributed by atoms with E-state index >= 15 is 0 Å². The molecular weight excluding hydrogens is 341 g/mol. The summed E-state index contributed by atoms with van der Waals surface area (Å²) < 4.78 is 30.9. The zero-order valence-electron chi connectivity index (χ0n) is 16.0. The molecule has 0 bridgehead atoms. The number of rotatable bonds is 3. The highest BCUT2D eigenvalue weighted by Gasteiger charge is 2.55. The smallest absolute Gasteiger partial charge is 0.413 e. The van der Waals surface area contributed by atoms with Gasteiger partial charge in [-0.3, -0.25) is 4.90 Å². The standard InChI is InChI=1S/C19H26FNO5/c1-7-24-16(22)15-14(12-10-8-9-11-13(12)20)21(19(5,6)25-15)17(23)26-18(2,3)4/h8-11,14-15H,7H2,1-6H3/t14-,15+/m0/s1. The van der Waals surface area contributed by atoms with Crippen molar-refractivity contribution in [3.8, 4) is 0 Å². The molecule has 6 nitrogen and oxygen atoms in total. The van der Waals surface area contributed by atoms with Gasteiger partial charge in [-0.25, -0.2) is 14.0 Å². The molecule has 2 atom stereocenters. The average molecular weight is 367 g/mol. The van der Waals surface area contributed by atoms with E-state index in [1.54, 1.807) is 47.6 Å². The van der Waals surface area contributed by atoms with Gasteiger partial charge in [-0.05, 0) is 47.6 Å². The number of esters is 1. The van der Waals surface area contributed by atoms with Gasteiger partial charge in [0, 0.05) is 5.56 Å². The molecule has 26 heavy (non-hydrogen) atoms. The molecule has 0 unspecified atom stereocenters. The number of halogens is 1. The van der Waals surface area contributed by atoms with Gasteiger partial charge in [0.2, 0.25) is 0 Å². The van der Waals surface area contributed by atoms with Gasteiger partial charge in [0.1, 0.15) is 23.2 Å². The molecule has 1 aromatic carbocycles. The van der Waals surface area contributed by atoms with Crippen LogP contribution in [0.2, 0.25) is 0 Å². The van der Waals surface area contributed by atoms with Gasteiger partial charge in [0.25, 0.3) is 0 Å². The van der Waals surface area contributed by atoms with E-state index < -0.39 is 41.4 Å². The monoisotopic (exact) mass is 367 g/mol. The van der Waals surface area contributed by atoms with E-state index in [1.165, 1.54) is 23.1 Å². The van der Waals surface area contributed by atoms with Crippen LogP contribution in [0, 0.1) is 5.82 Å². The van der Waals surface area contributed by atoms with Gasteiger partial charge >= 0.3 is 12.1 Å². The van der Waals surface area contributed by atoms with Crippen molar-refractivity contribution in [3.05, 3.63) is 35.6 Å². The summed E-state index contributed by atoms with van der Waals surface area (Å²) in [5.41, 5.74) is -1.77. The van der Waals surface area contributed by atoms with Crippen molar-refractivity contribution >= 4 is 12.1 Å². The quantitative estimate of drug-likeness (QED) is 0.760. The SMILES string of the molecule is CCOC(=O)[C@@H]1OC(C)(C)N(C(=O)OC(C)(C)C)[C@H]1c1ccccc1F. The van der Waals surface area contributed by atoms with Crippen LogP contribution in [0.3, 0.4) is 0 Å². The number of hydrogen-bond donors (Lipinski definition) is 0. The first kappa shape index (κ1) is 20.2. The van der Waals surface area contributed by atoms with Crippen LogP contribution in [0.1, 0.15) is 53.1 Å². The third kappa shape index (κ3) is 4.15. The lowest BCUT2D eigenvalue weighted by atomic mass is 9.99. The summed E-state index contributed by atoms with van der Waals surface area (Å²) in [6.45, 7) is 10.3. The molecule has 1 aromatic rings. The van der Waals surface area contributed by atoms with Crippen molar-refractivity contribution in [1.82, 2.24) is 4.90 Å². The van der Waals surface area contributed by atoms with E-state index in [2.05, 4.69) is 0 Å². The first-order valence-electron chi connectivity index (χ1n) is 8.59.